The number of hydrogen-bond donors (Lipinski definition) is 3. The summed E-state index contributed by atoms with van der Waals surface area (Å²) in [7, 11) is 0. The number of ether oxygens (including phenoxy) is 1. The summed E-state index contributed by atoms with van der Waals surface area (Å²) in [6.45, 7) is 3.65. The molecule has 6 heteroatoms. The Morgan fingerprint density at radius 3 is 3.11 bits per heavy atom. The Morgan fingerprint density at radius 1 is 1.53 bits per heavy atom. The molecule has 2 aromatic rings. The lowest BCUT2D eigenvalue weighted by atomic mass is 10.0. The van der Waals surface area contributed by atoms with E-state index in [2.05, 4.69) is 20.8 Å². The van der Waals surface area contributed by atoms with Gasteiger partial charge in [0.05, 0.1) is 17.3 Å². The summed E-state index contributed by atoms with van der Waals surface area (Å²) in [6, 6.07) is 5.61. The van der Waals surface area contributed by atoms with Gasteiger partial charge in [0.15, 0.2) is 0 Å². The Hall–Kier alpha value is -1.92. The van der Waals surface area contributed by atoms with E-state index in [1.165, 1.54) is 0 Å². The van der Waals surface area contributed by atoms with Crippen LogP contribution < -0.4 is 10.6 Å². The molecule has 1 amide bonds. The average molecular weight is 260 g/mol. The first-order valence-corrected chi connectivity index (χ1v) is 6.22. The van der Waals surface area contributed by atoms with Crippen LogP contribution in [0.1, 0.15) is 6.92 Å². The summed E-state index contributed by atoms with van der Waals surface area (Å²) in [5.41, 5.74) is 1.43. The molecule has 0 aliphatic carbocycles. The number of rotatable bonds is 4. The van der Waals surface area contributed by atoms with Gasteiger partial charge in [-0.2, -0.15) is 5.10 Å². The van der Waals surface area contributed by atoms with Crippen LogP contribution in [0.2, 0.25) is 0 Å². The van der Waals surface area contributed by atoms with Crippen LogP contribution in [0.25, 0.3) is 10.9 Å². The molecule has 1 aromatic heterocycles. The molecule has 0 radical (unpaired) electrons. The zero-order chi connectivity index (χ0) is 13.3. The molecular weight excluding hydrogens is 244 g/mol. The Morgan fingerprint density at radius 2 is 2.37 bits per heavy atom. The minimum Gasteiger partial charge on any atom is -0.363 e. The number of H-pyrrole nitrogens is 1. The number of amides is 1. The molecule has 0 saturated carbocycles. The molecule has 1 aromatic carbocycles. The van der Waals surface area contributed by atoms with Gasteiger partial charge in [-0.15, -0.1) is 0 Å². The average Bonchev–Trinajstić information content (AvgIpc) is 2.81. The van der Waals surface area contributed by atoms with Gasteiger partial charge in [0.1, 0.15) is 6.61 Å². The van der Waals surface area contributed by atoms with E-state index in [1.807, 2.05) is 25.1 Å². The minimum atomic E-state index is -0.204. The molecule has 1 saturated heterocycles. The third-order valence-electron chi connectivity index (χ3n) is 3.28. The fraction of sp³-hybridized carbons (Fsp3) is 0.385. The van der Waals surface area contributed by atoms with Crippen molar-refractivity contribution in [2.24, 2.45) is 0 Å². The van der Waals surface area contributed by atoms with Gasteiger partial charge in [-0.3, -0.25) is 9.89 Å². The van der Waals surface area contributed by atoms with E-state index in [4.69, 9.17) is 4.74 Å². The van der Waals surface area contributed by atoms with Gasteiger partial charge in [-0.05, 0) is 25.1 Å². The third kappa shape index (κ3) is 2.59. The highest BCUT2D eigenvalue weighted by atomic mass is 16.5. The molecule has 100 valence electrons. The van der Waals surface area contributed by atoms with Gasteiger partial charge in [0, 0.05) is 24.2 Å². The summed E-state index contributed by atoms with van der Waals surface area (Å²) in [5.74, 6) is -0.146. The largest absolute Gasteiger partial charge is 0.363 e. The van der Waals surface area contributed by atoms with Crippen molar-refractivity contribution in [1.82, 2.24) is 15.5 Å². The van der Waals surface area contributed by atoms with Crippen molar-refractivity contribution < 1.29 is 9.53 Å². The maximum Gasteiger partial charge on any atom is 0.250 e. The first-order chi connectivity index (χ1) is 9.15. The fourth-order valence-corrected chi connectivity index (χ4v) is 2.03. The predicted molar refractivity (Wildman–Crippen MR) is 72.0 cm³/mol. The normalized spacial score (nSPS) is 17.1. The quantitative estimate of drug-likeness (QED) is 0.762. The number of carbonyl (C=O) groups excluding carboxylic acids is 1. The second-order valence-electron chi connectivity index (χ2n) is 5.06. The van der Waals surface area contributed by atoms with Crippen LogP contribution in [0.3, 0.4) is 0 Å². The smallest absolute Gasteiger partial charge is 0.250 e. The summed E-state index contributed by atoms with van der Waals surface area (Å²) in [4.78, 5) is 11.8. The molecule has 3 rings (SSSR count). The molecule has 2 heterocycles. The van der Waals surface area contributed by atoms with E-state index >= 15 is 0 Å². The summed E-state index contributed by atoms with van der Waals surface area (Å²) < 4.78 is 5.58. The van der Waals surface area contributed by atoms with Crippen LogP contribution in [0, 0.1) is 0 Å². The number of anilines is 1. The monoisotopic (exact) mass is 260 g/mol. The van der Waals surface area contributed by atoms with Crippen molar-refractivity contribution in [2.75, 3.05) is 25.0 Å². The third-order valence-corrected chi connectivity index (χ3v) is 3.28. The highest BCUT2D eigenvalue weighted by molar-refractivity contribution is 5.94. The zero-order valence-electron chi connectivity index (χ0n) is 10.7. The molecule has 0 spiro atoms. The Kier molecular flexibility index (Phi) is 2.96. The standard InChI is InChI=1S/C13H16N4O2/c1-13(7-14-8-13)19-6-12(18)16-10-3-2-9-5-15-17-11(9)4-10/h2-5,14H,6-8H2,1H3,(H,15,17)(H,16,18). The van der Waals surface area contributed by atoms with Gasteiger partial charge in [-0.25, -0.2) is 0 Å². The van der Waals surface area contributed by atoms with Crippen LogP contribution in [-0.4, -0.2) is 41.4 Å². The molecule has 1 aliphatic rings. The zero-order valence-corrected chi connectivity index (χ0v) is 10.7. The second kappa shape index (κ2) is 4.64. The molecular formula is C13H16N4O2. The lowest BCUT2D eigenvalue weighted by Crippen LogP contribution is -2.59. The highest BCUT2D eigenvalue weighted by Crippen LogP contribution is 2.17. The van der Waals surface area contributed by atoms with Crippen LogP contribution in [0.4, 0.5) is 5.69 Å². The SMILES string of the molecule is CC1(OCC(=O)Nc2ccc3cn[nH]c3c2)CNC1. The summed E-state index contributed by atoms with van der Waals surface area (Å²) in [5, 5.41) is 13.8. The maximum absolute atomic E-state index is 11.8. The predicted octanol–water partition coefficient (Wildman–Crippen LogP) is 0.880. The molecule has 1 aliphatic heterocycles. The van der Waals surface area contributed by atoms with E-state index in [9.17, 15) is 4.79 Å². The van der Waals surface area contributed by atoms with Crippen molar-refractivity contribution in [3.8, 4) is 0 Å². The lowest BCUT2D eigenvalue weighted by Gasteiger charge is -2.38. The molecule has 0 unspecified atom stereocenters. The van der Waals surface area contributed by atoms with Crippen LogP contribution in [-0.2, 0) is 9.53 Å². The van der Waals surface area contributed by atoms with Gasteiger partial charge in [0.2, 0.25) is 5.91 Å². The molecule has 0 atom stereocenters. The highest BCUT2D eigenvalue weighted by Gasteiger charge is 2.32. The van der Waals surface area contributed by atoms with Crippen molar-refractivity contribution in [1.29, 1.82) is 0 Å². The number of nitrogens with one attached hydrogen (secondary N) is 3. The topological polar surface area (TPSA) is 79.0 Å². The molecule has 19 heavy (non-hydrogen) atoms. The van der Waals surface area contributed by atoms with Crippen molar-refractivity contribution in [3.05, 3.63) is 24.4 Å². The number of benzene rings is 1. The number of fused-ring (bicyclic) bond motifs is 1. The molecule has 3 N–H and O–H groups in total. The first-order valence-electron chi connectivity index (χ1n) is 6.22. The Bertz CT molecular complexity index is 603. The minimum absolute atomic E-state index is 0.0686. The lowest BCUT2D eigenvalue weighted by molar-refractivity contribution is -0.130. The molecule has 1 fully saturated rings. The molecule has 0 bridgehead atoms. The van der Waals surface area contributed by atoms with E-state index < -0.39 is 0 Å². The van der Waals surface area contributed by atoms with Gasteiger partial charge < -0.3 is 15.4 Å². The van der Waals surface area contributed by atoms with Gasteiger partial charge in [-0.1, -0.05) is 0 Å². The fourth-order valence-electron chi connectivity index (χ4n) is 2.03. The molecule has 6 nitrogen and oxygen atoms in total. The number of aromatic nitrogens is 2. The van der Waals surface area contributed by atoms with Crippen molar-refractivity contribution >= 4 is 22.5 Å². The van der Waals surface area contributed by atoms with Gasteiger partial charge >= 0.3 is 0 Å². The van der Waals surface area contributed by atoms with E-state index in [0.29, 0.717) is 0 Å². The van der Waals surface area contributed by atoms with Crippen LogP contribution >= 0.6 is 0 Å². The van der Waals surface area contributed by atoms with Crippen LogP contribution in [0.15, 0.2) is 24.4 Å². The first kappa shape index (κ1) is 12.1. The number of hydrogen-bond acceptors (Lipinski definition) is 4. The summed E-state index contributed by atoms with van der Waals surface area (Å²) in [6.07, 6.45) is 1.74. The van der Waals surface area contributed by atoms with E-state index in [0.717, 1.165) is 29.7 Å². The van der Waals surface area contributed by atoms with Gasteiger partial charge in [0.25, 0.3) is 0 Å². The van der Waals surface area contributed by atoms with Crippen molar-refractivity contribution in [2.45, 2.75) is 12.5 Å². The maximum atomic E-state index is 11.8. The Balaban J connectivity index is 1.59. The van der Waals surface area contributed by atoms with Crippen LogP contribution in [0.5, 0.6) is 0 Å². The van der Waals surface area contributed by atoms with Crippen molar-refractivity contribution in [3.63, 3.8) is 0 Å². The number of nitrogens with zero attached hydrogens (tertiary/aromatic N) is 1. The van der Waals surface area contributed by atoms with E-state index in [1.54, 1.807) is 6.20 Å². The Labute approximate surface area is 110 Å². The second-order valence-corrected chi connectivity index (χ2v) is 5.06. The number of carbonyl (C=O) groups is 1. The summed E-state index contributed by atoms with van der Waals surface area (Å²) >= 11 is 0. The van der Waals surface area contributed by atoms with E-state index in [-0.39, 0.29) is 18.1 Å². The number of aromatic amines is 1.